The standard InChI is InChI=1S/C11H18N2O5/c1-7-5-13(6-8(2)18-7)11(17)12-9(14)3-4-10(15)16/h7-8H,3-6H2,1-2H3,(H,15,16)(H,12,14,17). The van der Waals surface area contributed by atoms with E-state index in [2.05, 4.69) is 5.32 Å². The summed E-state index contributed by atoms with van der Waals surface area (Å²) in [6.07, 6.45) is -0.631. The third-order valence-corrected chi connectivity index (χ3v) is 2.52. The first-order valence-electron chi connectivity index (χ1n) is 5.84. The molecule has 0 radical (unpaired) electrons. The first-order valence-corrected chi connectivity index (χ1v) is 5.84. The Bertz CT molecular complexity index is 334. The zero-order valence-corrected chi connectivity index (χ0v) is 10.5. The summed E-state index contributed by atoms with van der Waals surface area (Å²) < 4.78 is 5.47. The van der Waals surface area contributed by atoms with Crippen molar-refractivity contribution in [2.45, 2.75) is 38.9 Å². The molecule has 2 atom stereocenters. The van der Waals surface area contributed by atoms with Crippen LogP contribution in [0.2, 0.25) is 0 Å². The van der Waals surface area contributed by atoms with Gasteiger partial charge < -0.3 is 14.7 Å². The molecule has 1 rings (SSSR count). The molecule has 1 aliphatic heterocycles. The van der Waals surface area contributed by atoms with Crippen LogP contribution in [0, 0.1) is 0 Å². The van der Waals surface area contributed by atoms with E-state index in [4.69, 9.17) is 9.84 Å². The molecule has 1 saturated heterocycles. The SMILES string of the molecule is CC1CN(C(=O)NC(=O)CCC(=O)O)CC(C)O1. The highest BCUT2D eigenvalue weighted by atomic mass is 16.5. The summed E-state index contributed by atoms with van der Waals surface area (Å²) in [5.41, 5.74) is 0. The second-order valence-electron chi connectivity index (χ2n) is 4.41. The fraction of sp³-hybridized carbons (Fsp3) is 0.727. The number of carboxylic acid groups (broad SMARTS) is 1. The Balaban J connectivity index is 2.39. The van der Waals surface area contributed by atoms with E-state index in [1.807, 2.05) is 13.8 Å². The summed E-state index contributed by atoms with van der Waals surface area (Å²) in [6, 6.07) is -0.493. The number of aliphatic carboxylic acids is 1. The third kappa shape index (κ3) is 4.70. The summed E-state index contributed by atoms with van der Waals surface area (Å²) in [4.78, 5) is 34.8. The van der Waals surface area contributed by atoms with Crippen molar-refractivity contribution >= 4 is 17.9 Å². The molecule has 2 N–H and O–H groups in total. The zero-order chi connectivity index (χ0) is 13.7. The number of nitrogens with one attached hydrogen (secondary N) is 1. The second-order valence-corrected chi connectivity index (χ2v) is 4.41. The molecular weight excluding hydrogens is 240 g/mol. The quantitative estimate of drug-likeness (QED) is 0.753. The van der Waals surface area contributed by atoms with Crippen molar-refractivity contribution in [1.82, 2.24) is 10.2 Å². The molecule has 18 heavy (non-hydrogen) atoms. The molecule has 0 aromatic rings. The maximum atomic E-state index is 11.7. The van der Waals surface area contributed by atoms with Crippen LogP contribution < -0.4 is 5.32 Å². The highest BCUT2D eigenvalue weighted by Gasteiger charge is 2.26. The molecule has 0 saturated carbocycles. The number of hydrogen-bond acceptors (Lipinski definition) is 4. The van der Waals surface area contributed by atoms with Gasteiger partial charge in [0.05, 0.1) is 18.6 Å². The lowest BCUT2D eigenvalue weighted by Crippen LogP contribution is -2.52. The van der Waals surface area contributed by atoms with Crippen LogP contribution in [0.1, 0.15) is 26.7 Å². The van der Waals surface area contributed by atoms with Gasteiger partial charge in [0.15, 0.2) is 0 Å². The maximum Gasteiger partial charge on any atom is 0.324 e. The fourth-order valence-corrected chi connectivity index (χ4v) is 1.83. The average molecular weight is 258 g/mol. The van der Waals surface area contributed by atoms with Crippen LogP contribution in [0.4, 0.5) is 4.79 Å². The number of morpholine rings is 1. The minimum Gasteiger partial charge on any atom is -0.481 e. The predicted octanol–water partition coefficient (Wildman–Crippen LogP) is 0.197. The predicted molar refractivity (Wildman–Crippen MR) is 62.0 cm³/mol. The highest BCUT2D eigenvalue weighted by Crippen LogP contribution is 2.10. The number of carbonyl (C=O) groups excluding carboxylic acids is 2. The van der Waals surface area contributed by atoms with Crippen molar-refractivity contribution in [2.24, 2.45) is 0 Å². The van der Waals surface area contributed by atoms with Crippen LogP contribution in [-0.2, 0) is 14.3 Å². The van der Waals surface area contributed by atoms with E-state index in [9.17, 15) is 14.4 Å². The smallest absolute Gasteiger partial charge is 0.324 e. The van der Waals surface area contributed by atoms with Gasteiger partial charge in [-0.1, -0.05) is 0 Å². The number of rotatable bonds is 3. The van der Waals surface area contributed by atoms with Gasteiger partial charge in [-0.15, -0.1) is 0 Å². The van der Waals surface area contributed by atoms with Crippen molar-refractivity contribution in [2.75, 3.05) is 13.1 Å². The first kappa shape index (κ1) is 14.4. The Labute approximate surface area is 105 Å². The van der Waals surface area contributed by atoms with Crippen molar-refractivity contribution in [3.05, 3.63) is 0 Å². The topological polar surface area (TPSA) is 95.9 Å². The number of urea groups is 1. The van der Waals surface area contributed by atoms with Crippen LogP contribution in [0.15, 0.2) is 0 Å². The molecule has 1 fully saturated rings. The normalized spacial score (nSPS) is 23.6. The van der Waals surface area contributed by atoms with E-state index in [-0.39, 0.29) is 25.0 Å². The first-order chi connectivity index (χ1) is 8.38. The Morgan fingerprint density at radius 2 is 1.78 bits per heavy atom. The van der Waals surface area contributed by atoms with E-state index < -0.39 is 17.9 Å². The summed E-state index contributed by atoms with van der Waals surface area (Å²) in [6.45, 7) is 4.54. The number of hydrogen-bond donors (Lipinski definition) is 2. The average Bonchev–Trinajstić information content (AvgIpc) is 2.25. The molecule has 2 unspecified atom stereocenters. The van der Waals surface area contributed by atoms with Gasteiger partial charge in [-0.25, -0.2) is 4.79 Å². The molecule has 7 nitrogen and oxygen atoms in total. The van der Waals surface area contributed by atoms with Gasteiger partial charge in [-0.3, -0.25) is 14.9 Å². The summed E-state index contributed by atoms with van der Waals surface area (Å²) in [5, 5.41) is 10.6. The lowest BCUT2D eigenvalue weighted by Gasteiger charge is -2.35. The van der Waals surface area contributed by atoms with Crippen LogP contribution in [0.5, 0.6) is 0 Å². The number of amides is 3. The van der Waals surface area contributed by atoms with Crippen molar-refractivity contribution in [1.29, 1.82) is 0 Å². The van der Waals surface area contributed by atoms with Gasteiger partial charge in [0.1, 0.15) is 0 Å². The molecule has 0 aromatic carbocycles. The molecule has 1 heterocycles. The third-order valence-electron chi connectivity index (χ3n) is 2.52. The summed E-state index contributed by atoms with van der Waals surface area (Å²) >= 11 is 0. The van der Waals surface area contributed by atoms with Gasteiger partial charge in [-0.05, 0) is 13.8 Å². The molecule has 3 amide bonds. The molecule has 0 spiro atoms. The Morgan fingerprint density at radius 1 is 1.22 bits per heavy atom. The van der Waals surface area contributed by atoms with E-state index in [1.165, 1.54) is 4.90 Å². The van der Waals surface area contributed by atoms with Crippen LogP contribution >= 0.6 is 0 Å². The molecule has 0 bridgehead atoms. The summed E-state index contributed by atoms with van der Waals surface area (Å²) in [5.74, 6) is -1.64. The number of carboxylic acids is 1. The van der Waals surface area contributed by atoms with Crippen LogP contribution in [0.3, 0.4) is 0 Å². The number of carbonyl (C=O) groups is 3. The second kappa shape index (κ2) is 6.34. The van der Waals surface area contributed by atoms with E-state index in [0.29, 0.717) is 13.1 Å². The minimum atomic E-state index is -1.06. The zero-order valence-electron chi connectivity index (χ0n) is 10.5. The highest BCUT2D eigenvalue weighted by molar-refractivity contribution is 5.95. The van der Waals surface area contributed by atoms with E-state index in [0.717, 1.165) is 0 Å². The number of nitrogens with zero attached hydrogens (tertiary/aromatic N) is 1. The largest absolute Gasteiger partial charge is 0.481 e. The van der Waals surface area contributed by atoms with Gasteiger partial charge in [0.25, 0.3) is 0 Å². The van der Waals surface area contributed by atoms with Crippen molar-refractivity contribution in [3.8, 4) is 0 Å². The number of imide groups is 1. The van der Waals surface area contributed by atoms with Gasteiger partial charge in [0.2, 0.25) is 5.91 Å². The van der Waals surface area contributed by atoms with Crippen molar-refractivity contribution in [3.63, 3.8) is 0 Å². The van der Waals surface area contributed by atoms with E-state index >= 15 is 0 Å². The van der Waals surface area contributed by atoms with Gasteiger partial charge in [0, 0.05) is 19.5 Å². The van der Waals surface area contributed by atoms with E-state index in [1.54, 1.807) is 0 Å². The molecular formula is C11H18N2O5. The Kier molecular flexibility index (Phi) is 5.08. The van der Waals surface area contributed by atoms with Crippen LogP contribution in [-0.4, -0.2) is 53.2 Å². The summed E-state index contributed by atoms with van der Waals surface area (Å²) in [7, 11) is 0. The minimum absolute atomic E-state index is 0.0754. The monoisotopic (exact) mass is 258 g/mol. The molecule has 0 aliphatic carbocycles. The fourth-order valence-electron chi connectivity index (χ4n) is 1.83. The van der Waals surface area contributed by atoms with Crippen LogP contribution in [0.25, 0.3) is 0 Å². The lowest BCUT2D eigenvalue weighted by atomic mass is 10.2. The Morgan fingerprint density at radius 3 is 2.28 bits per heavy atom. The van der Waals surface area contributed by atoms with Gasteiger partial charge >= 0.3 is 12.0 Å². The Hall–Kier alpha value is -1.63. The molecule has 102 valence electrons. The molecule has 0 aromatic heterocycles. The number of ether oxygens (including phenoxy) is 1. The maximum absolute atomic E-state index is 11.7. The lowest BCUT2D eigenvalue weighted by molar-refractivity contribution is -0.138. The molecule has 1 aliphatic rings. The van der Waals surface area contributed by atoms with Crippen molar-refractivity contribution < 1.29 is 24.2 Å². The molecule has 7 heteroatoms. The van der Waals surface area contributed by atoms with Gasteiger partial charge in [-0.2, -0.15) is 0 Å².